The van der Waals surface area contributed by atoms with Crippen molar-refractivity contribution in [2.24, 2.45) is 0 Å². The van der Waals surface area contributed by atoms with E-state index < -0.39 is 42.1 Å². The number of nitrogens with zero attached hydrogens (tertiary/aromatic N) is 5. The minimum Gasteiger partial charge on any atom is -0.415 e. The number of fused-ring (bicyclic) bond motifs is 1. The van der Waals surface area contributed by atoms with Crippen LogP contribution in [0.3, 0.4) is 0 Å². The number of carbonyl (C=O) groups is 1. The molecule has 0 aliphatic carbocycles. The highest BCUT2D eigenvalue weighted by Gasteiger charge is 2.39. The zero-order chi connectivity index (χ0) is 24.7. The molecule has 12 heteroatoms. The first kappa shape index (κ1) is 22.6. The third-order valence-corrected chi connectivity index (χ3v) is 5.54. The summed E-state index contributed by atoms with van der Waals surface area (Å²) in [6.45, 7) is 0.0384. The number of amides is 1. The number of aliphatic hydroxyl groups is 1. The first-order valence-electron chi connectivity index (χ1n) is 10.3. The normalized spacial score (nSPS) is 14.9. The Morgan fingerprint density at radius 1 is 1.03 bits per heavy atom. The number of benzene rings is 1. The van der Waals surface area contributed by atoms with Crippen LogP contribution in [0.1, 0.15) is 51.8 Å². The Hall–Kier alpha value is -4.19. The fourth-order valence-electron chi connectivity index (χ4n) is 3.93. The molecule has 1 aliphatic heterocycles. The van der Waals surface area contributed by atoms with Gasteiger partial charge in [-0.25, -0.2) is 9.37 Å². The Kier molecular flexibility index (Phi) is 5.73. The zero-order valence-corrected chi connectivity index (χ0v) is 17.6. The smallest absolute Gasteiger partial charge is 0.314 e. The van der Waals surface area contributed by atoms with Crippen LogP contribution in [0.2, 0.25) is 0 Å². The van der Waals surface area contributed by atoms with Crippen molar-refractivity contribution >= 4 is 5.91 Å². The van der Waals surface area contributed by atoms with Crippen LogP contribution in [0.4, 0.5) is 17.6 Å². The van der Waals surface area contributed by atoms with Crippen LogP contribution in [0.15, 0.2) is 59.1 Å². The molecule has 0 bridgehead atoms. The second-order valence-electron chi connectivity index (χ2n) is 7.73. The van der Waals surface area contributed by atoms with Crippen molar-refractivity contribution in [3.05, 3.63) is 94.9 Å². The van der Waals surface area contributed by atoms with Crippen molar-refractivity contribution < 1.29 is 31.9 Å². The molecule has 1 amide bonds. The van der Waals surface area contributed by atoms with Crippen molar-refractivity contribution in [3.8, 4) is 11.5 Å². The molecule has 8 nitrogen and oxygen atoms in total. The predicted molar refractivity (Wildman–Crippen MR) is 111 cm³/mol. The number of aliphatic hydroxyl groups excluding tert-OH is 1. The highest BCUT2D eigenvalue weighted by Crippen LogP contribution is 2.39. The minimum atomic E-state index is -2.94. The number of carbonyl (C=O) groups excluding carboxylic acids is 1. The summed E-state index contributed by atoms with van der Waals surface area (Å²) in [7, 11) is 0. The minimum absolute atomic E-state index is 0.0384. The van der Waals surface area contributed by atoms with Crippen LogP contribution in [-0.2, 0) is 6.54 Å². The van der Waals surface area contributed by atoms with Gasteiger partial charge in [0.25, 0.3) is 11.8 Å². The summed E-state index contributed by atoms with van der Waals surface area (Å²) < 4.78 is 57.8. The summed E-state index contributed by atoms with van der Waals surface area (Å²) in [6, 6.07) is 9.72. The van der Waals surface area contributed by atoms with Gasteiger partial charge in [-0.3, -0.25) is 9.78 Å². The molecule has 0 fully saturated rings. The lowest BCUT2D eigenvalue weighted by Gasteiger charge is -2.31. The van der Waals surface area contributed by atoms with Gasteiger partial charge in [-0.1, -0.05) is 12.1 Å². The third-order valence-electron chi connectivity index (χ3n) is 5.54. The lowest BCUT2D eigenvalue weighted by molar-refractivity contribution is 0.0329. The molecule has 3 aromatic heterocycles. The monoisotopic (exact) mass is 485 g/mol. The van der Waals surface area contributed by atoms with Crippen molar-refractivity contribution in [1.29, 1.82) is 0 Å². The van der Waals surface area contributed by atoms with Crippen LogP contribution < -0.4 is 0 Å². The number of hydrogen-bond donors (Lipinski definition) is 1. The maximum atomic E-state index is 13.7. The van der Waals surface area contributed by atoms with E-state index in [-0.39, 0.29) is 35.0 Å². The molecule has 0 saturated carbocycles. The molecule has 0 saturated heterocycles. The van der Waals surface area contributed by atoms with Crippen LogP contribution in [0.25, 0.3) is 11.5 Å². The SMILES string of the molecule is O=C1c2cc(-c3nnc(C(F)F)o3)ccc2CN1[C@H](c1ccc(F)cn1)C(O)c1cccc(F)n1. The highest BCUT2D eigenvalue weighted by molar-refractivity contribution is 5.99. The molecular weight excluding hydrogens is 470 g/mol. The van der Waals surface area contributed by atoms with Crippen molar-refractivity contribution in [2.75, 3.05) is 0 Å². The van der Waals surface area contributed by atoms with E-state index in [0.29, 0.717) is 5.56 Å². The Labute approximate surface area is 194 Å². The average molecular weight is 485 g/mol. The van der Waals surface area contributed by atoms with Crippen molar-refractivity contribution in [1.82, 2.24) is 25.1 Å². The van der Waals surface area contributed by atoms with Crippen LogP contribution in [-0.4, -0.2) is 36.1 Å². The standard InChI is InChI=1S/C23H15F4N5O3/c24-13-6-7-15(28-9-13)18(19(33)16-2-1-3-17(25)29-16)32-10-12-5-4-11(8-14(12)23(32)34)21-30-31-22(35-21)20(26)27/h1-9,18-20,33H,10H2/t18-,19?/m1/s1. The summed E-state index contributed by atoms with van der Waals surface area (Å²) in [5.41, 5.74) is 1.15. The number of hydrogen-bond acceptors (Lipinski definition) is 7. The summed E-state index contributed by atoms with van der Waals surface area (Å²) in [6.07, 6.45) is -3.49. The molecule has 5 rings (SSSR count). The number of alkyl halides is 2. The van der Waals surface area contributed by atoms with E-state index in [4.69, 9.17) is 4.42 Å². The molecule has 1 N–H and O–H groups in total. The molecule has 1 unspecified atom stereocenters. The first-order chi connectivity index (χ1) is 16.8. The van der Waals surface area contributed by atoms with Crippen molar-refractivity contribution in [3.63, 3.8) is 0 Å². The second kappa shape index (κ2) is 8.87. The van der Waals surface area contributed by atoms with Gasteiger partial charge in [0, 0.05) is 17.7 Å². The van der Waals surface area contributed by atoms with E-state index >= 15 is 0 Å². The van der Waals surface area contributed by atoms with Gasteiger partial charge in [0.1, 0.15) is 18.0 Å². The van der Waals surface area contributed by atoms with E-state index in [1.807, 2.05) is 0 Å². The number of pyridine rings is 2. The van der Waals surface area contributed by atoms with Crippen LogP contribution >= 0.6 is 0 Å². The predicted octanol–water partition coefficient (Wildman–Crippen LogP) is 4.17. The molecule has 35 heavy (non-hydrogen) atoms. The van der Waals surface area contributed by atoms with Gasteiger partial charge in [0.2, 0.25) is 11.8 Å². The second-order valence-corrected chi connectivity index (χ2v) is 7.73. The molecule has 0 spiro atoms. The molecule has 4 aromatic rings. The molecule has 2 atom stereocenters. The zero-order valence-electron chi connectivity index (χ0n) is 17.6. The Balaban J connectivity index is 1.52. The van der Waals surface area contributed by atoms with E-state index in [2.05, 4.69) is 20.2 Å². The van der Waals surface area contributed by atoms with Crippen LogP contribution in [0.5, 0.6) is 0 Å². The van der Waals surface area contributed by atoms with Gasteiger partial charge < -0.3 is 14.4 Å². The van der Waals surface area contributed by atoms with Crippen LogP contribution in [0, 0.1) is 11.8 Å². The molecule has 178 valence electrons. The summed E-state index contributed by atoms with van der Waals surface area (Å²) in [5.74, 6) is -3.00. The quantitative estimate of drug-likeness (QED) is 0.323. The summed E-state index contributed by atoms with van der Waals surface area (Å²) >= 11 is 0. The Morgan fingerprint density at radius 3 is 2.54 bits per heavy atom. The van der Waals surface area contributed by atoms with Gasteiger partial charge in [-0.05, 0) is 42.0 Å². The number of aromatic nitrogens is 4. The van der Waals surface area contributed by atoms with Gasteiger partial charge in [0.05, 0.1) is 17.6 Å². The molecule has 0 radical (unpaired) electrons. The van der Waals surface area contributed by atoms with E-state index in [1.54, 1.807) is 6.07 Å². The van der Waals surface area contributed by atoms with Gasteiger partial charge in [-0.2, -0.15) is 13.2 Å². The highest BCUT2D eigenvalue weighted by atomic mass is 19.3. The van der Waals surface area contributed by atoms with Crippen molar-refractivity contribution in [2.45, 2.75) is 25.1 Å². The maximum absolute atomic E-state index is 13.7. The van der Waals surface area contributed by atoms with Gasteiger partial charge in [-0.15, -0.1) is 10.2 Å². The average Bonchev–Trinajstić information content (AvgIpc) is 3.46. The molecule has 4 heterocycles. The third kappa shape index (κ3) is 4.23. The molecular formula is C23H15F4N5O3. The van der Waals surface area contributed by atoms with Gasteiger partial charge >= 0.3 is 6.43 Å². The fourth-order valence-corrected chi connectivity index (χ4v) is 3.93. The Morgan fingerprint density at radius 2 is 1.86 bits per heavy atom. The summed E-state index contributed by atoms with van der Waals surface area (Å²) in [5, 5.41) is 18.0. The number of halogens is 4. The largest absolute Gasteiger partial charge is 0.415 e. The maximum Gasteiger partial charge on any atom is 0.314 e. The molecule has 1 aromatic carbocycles. The summed E-state index contributed by atoms with van der Waals surface area (Å²) in [4.78, 5) is 22.4. The first-order valence-corrected chi connectivity index (χ1v) is 10.3. The topological polar surface area (TPSA) is 105 Å². The molecule has 1 aliphatic rings. The van der Waals surface area contributed by atoms with Gasteiger partial charge in [0.15, 0.2) is 0 Å². The van der Waals surface area contributed by atoms with E-state index in [9.17, 15) is 27.5 Å². The number of rotatable bonds is 6. The lowest BCUT2D eigenvalue weighted by atomic mass is 10.0. The fraction of sp³-hybridized carbons (Fsp3) is 0.174. The van der Waals surface area contributed by atoms with E-state index in [0.717, 1.165) is 18.3 Å². The Bertz CT molecular complexity index is 1400. The van der Waals surface area contributed by atoms with E-state index in [1.165, 1.54) is 35.2 Å². The lowest BCUT2D eigenvalue weighted by Crippen LogP contribution is -2.34.